The van der Waals surface area contributed by atoms with E-state index in [9.17, 15) is 4.57 Å². The minimum atomic E-state index is -3.42. The Morgan fingerprint density at radius 1 is 0.909 bits per heavy atom. The van der Waals surface area contributed by atoms with E-state index in [4.69, 9.17) is 14.0 Å². The lowest BCUT2D eigenvalue weighted by atomic mass is 10.2. The number of benzene rings is 3. The lowest BCUT2D eigenvalue weighted by molar-refractivity contribution is 0.315. The summed E-state index contributed by atoms with van der Waals surface area (Å²) in [4.78, 5) is 2.01. The largest absolute Gasteiger partial charge is 0.493 e. The number of nitrogens with zero attached hydrogens (tertiary/aromatic N) is 1. The van der Waals surface area contributed by atoms with Crippen LogP contribution >= 0.6 is 7.37 Å². The second-order valence-electron chi connectivity index (χ2n) is 7.87. The van der Waals surface area contributed by atoms with Gasteiger partial charge in [0, 0.05) is 30.8 Å². The number of anilines is 2. The molecule has 0 heterocycles. The zero-order valence-electron chi connectivity index (χ0n) is 19.9. The molecule has 33 heavy (non-hydrogen) atoms. The Morgan fingerprint density at radius 3 is 2.15 bits per heavy atom. The third kappa shape index (κ3) is 5.70. The van der Waals surface area contributed by atoms with Gasteiger partial charge in [0.25, 0.3) is 7.37 Å². The van der Waals surface area contributed by atoms with Crippen molar-refractivity contribution < 1.29 is 18.6 Å². The molecule has 0 aliphatic carbocycles. The molecule has 7 heteroatoms. The summed E-state index contributed by atoms with van der Waals surface area (Å²) in [7, 11) is 3.73. The summed E-state index contributed by atoms with van der Waals surface area (Å²) in [5, 5.41) is 4.13. The first-order valence-electron chi connectivity index (χ1n) is 11.0. The number of ether oxygens (including phenoxy) is 2. The van der Waals surface area contributed by atoms with Gasteiger partial charge >= 0.3 is 0 Å². The van der Waals surface area contributed by atoms with E-state index in [1.165, 1.54) is 0 Å². The van der Waals surface area contributed by atoms with Gasteiger partial charge in [-0.05, 0) is 60.5 Å². The summed E-state index contributed by atoms with van der Waals surface area (Å²) in [5.74, 6) is 0.552. The normalized spacial score (nSPS) is 13.6. The van der Waals surface area contributed by atoms with Crippen molar-refractivity contribution >= 4 is 24.0 Å². The fourth-order valence-electron chi connectivity index (χ4n) is 3.56. The smallest absolute Gasteiger partial charge is 0.258 e. The van der Waals surface area contributed by atoms with Crippen LogP contribution in [0.2, 0.25) is 0 Å². The predicted molar refractivity (Wildman–Crippen MR) is 137 cm³/mol. The number of methoxy groups -OCH3 is 2. The van der Waals surface area contributed by atoms with Crippen molar-refractivity contribution in [3.8, 4) is 11.5 Å². The van der Waals surface area contributed by atoms with Crippen molar-refractivity contribution in [2.45, 2.75) is 19.1 Å². The summed E-state index contributed by atoms with van der Waals surface area (Å²) in [6, 6.07) is 23.0. The van der Waals surface area contributed by atoms with Crippen molar-refractivity contribution in [2.24, 2.45) is 0 Å². The van der Waals surface area contributed by atoms with E-state index < -0.39 is 13.2 Å². The highest BCUT2D eigenvalue weighted by molar-refractivity contribution is 7.67. The van der Waals surface area contributed by atoms with Crippen molar-refractivity contribution in [3.05, 3.63) is 78.4 Å². The average molecular weight is 469 g/mol. The Kier molecular flexibility index (Phi) is 8.43. The molecule has 0 radical (unpaired) electrons. The van der Waals surface area contributed by atoms with Crippen LogP contribution in [0.4, 0.5) is 11.4 Å². The molecule has 0 saturated carbocycles. The molecule has 176 valence electrons. The Hall–Kier alpha value is -2.95. The predicted octanol–water partition coefficient (Wildman–Crippen LogP) is 5.91. The van der Waals surface area contributed by atoms with Gasteiger partial charge < -0.3 is 24.2 Å². The molecule has 3 aromatic carbocycles. The molecule has 0 aliphatic heterocycles. The summed E-state index contributed by atoms with van der Waals surface area (Å²) in [6.07, 6.45) is 0.754. The Balaban J connectivity index is 2.16. The first kappa shape index (κ1) is 24.7. The molecule has 0 aromatic heterocycles. The monoisotopic (exact) mass is 468 g/mol. The summed E-state index contributed by atoms with van der Waals surface area (Å²) >= 11 is 0. The number of rotatable bonds is 11. The maximum atomic E-state index is 14.7. The maximum Gasteiger partial charge on any atom is 0.258 e. The number of para-hydroxylation sites is 1. The van der Waals surface area contributed by atoms with Gasteiger partial charge in [0.2, 0.25) is 0 Å². The van der Waals surface area contributed by atoms with Crippen LogP contribution in [-0.4, -0.2) is 34.9 Å². The highest BCUT2D eigenvalue weighted by Crippen LogP contribution is 2.59. The van der Waals surface area contributed by atoms with E-state index >= 15 is 0 Å². The Labute approximate surface area is 196 Å². The topological polar surface area (TPSA) is 60.0 Å². The molecule has 3 rings (SSSR count). The number of nitrogens with one attached hydrogen (secondary N) is 1. The molecule has 6 nitrogen and oxygen atoms in total. The fourth-order valence-corrected chi connectivity index (χ4v) is 6.05. The molecule has 1 N–H and O–H groups in total. The molecule has 3 aromatic rings. The van der Waals surface area contributed by atoms with E-state index in [2.05, 4.69) is 5.32 Å². The van der Waals surface area contributed by atoms with Crippen LogP contribution in [0, 0.1) is 0 Å². The third-order valence-electron chi connectivity index (χ3n) is 5.35. The lowest BCUT2D eigenvalue weighted by Crippen LogP contribution is -2.21. The highest BCUT2D eigenvalue weighted by Gasteiger charge is 2.38. The molecule has 0 bridgehead atoms. The van der Waals surface area contributed by atoms with E-state index in [1.807, 2.05) is 98.7 Å². The van der Waals surface area contributed by atoms with Crippen LogP contribution in [-0.2, 0) is 9.09 Å². The second-order valence-corrected chi connectivity index (χ2v) is 10.4. The summed E-state index contributed by atoms with van der Waals surface area (Å²) in [6.45, 7) is 2.39. The number of hydrogen-bond acceptors (Lipinski definition) is 6. The number of hydrogen-bond donors (Lipinski definition) is 1. The van der Waals surface area contributed by atoms with E-state index in [0.29, 0.717) is 23.4 Å². The minimum absolute atomic E-state index is 0.382. The van der Waals surface area contributed by atoms with Gasteiger partial charge in [-0.3, -0.25) is 4.57 Å². The van der Waals surface area contributed by atoms with Gasteiger partial charge in [-0.2, -0.15) is 0 Å². The standard InChI is InChI=1S/C26H33N2O4P/c1-6-18-32-33(29,23-15-13-22(14-16-23)28(2)3)26(27-21-10-8-7-9-11-21)20-12-17-24(30-4)25(19-20)31-5/h7-17,19,26-27H,6,18H2,1-5H3/t26-,33-/m1/s1. The first-order chi connectivity index (χ1) is 15.9. The zero-order chi connectivity index (χ0) is 23.8. The van der Waals surface area contributed by atoms with Crippen LogP contribution in [0.15, 0.2) is 72.8 Å². The third-order valence-corrected chi connectivity index (χ3v) is 8.04. The molecule has 0 spiro atoms. The molecule has 0 fully saturated rings. The van der Waals surface area contributed by atoms with Gasteiger partial charge in [-0.25, -0.2) is 0 Å². The fraction of sp³-hybridized carbons (Fsp3) is 0.308. The van der Waals surface area contributed by atoms with Crippen LogP contribution in [0.1, 0.15) is 24.7 Å². The van der Waals surface area contributed by atoms with Crippen LogP contribution in [0.25, 0.3) is 0 Å². The molecular weight excluding hydrogens is 435 g/mol. The van der Waals surface area contributed by atoms with Crippen LogP contribution in [0.5, 0.6) is 11.5 Å². The Morgan fingerprint density at radius 2 is 1.58 bits per heavy atom. The Bertz CT molecular complexity index is 1070. The van der Waals surface area contributed by atoms with Gasteiger partial charge in [0.05, 0.1) is 20.8 Å². The van der Waals surface area contributed by atoms with Gasteiger partial charge in [0.15, 0.2) is 11.5 Å². The van der Waals surface area contributed by atoms with E-state index in [0.717, 1.165) is 23.4 Å². The molecular formula is C26H33N2O4P. The maximum absolute atomic E-state index is 14.7. The molecule has 2 atom stereocenters. The van der Waals surface area contributed by atoms with Crippen LogP contribution in [0.3, 0.4) is 0 Å². The highest BCUT2D eigenvalue weighted by atomic mass is 31.2. The van der Waals surface area contributed by atoms with Crippen molar-refractivity contribution in [2.75, 3.05) is 45.1 Å². The second kappa shape index (κ2) is 11.3. The lowest BCUT2D eigenvalue weighted by Gasteiger charge is -2.30. The average Bonchev–Trinajstić information content (AvgIpc) is 2.86. The molecule has 0 aliphatic rings. The van der Waals surface area contributed by atoms with Gasteiger partial charge in [0.1, 0.15) is 5.78 Å². The summed E-state index contributed by atoms with van der Waals surface area (Å²) < 4.78 is 31.9. The van der Waals surface area contributed by atoms with Gasteiger partial charge in [-0.15, -0.1) is 0 Å². The SMILES string of the molecule is CCCO[P@](=O)(c1ccc(N(C)C)cc1)[C@@H](Nc1ccccc1)c1ccc(OC)c(OC)c1. The molecule has 0 unspecified atom stereocenters. The van der Waals surface area contributed by atoms with Crippen molar-refractivity contribution in [3.63, 3.8) is 0 Å². The quantitative estimate of drug-likeness (QED) is 0.353. The minimum Gasteiger partial charge on any atom is -0.493 e. The van der Waals surface area contributed by atoms with E-state index in [-0.39, 0.29) is 0 Å². The first-order valence-corrected chi connectivity index (χ1v) is 12.7. The van der Waals surface area contributed by atoms with Crippen LogP contribution < -0.4 is 25.0 Å². The van der Waals surface area contributed by atoms with Crippen molar-refractivity contribution in [1.29, 1.82) is 0 Å². The summed E-state index contributed by atoms with van der Waals surface area (Å²) in [5.41, 5.74) is 2.66. The van der Waals surface area contributed by atoms with Gasteiger partial charge in [-0.1, -0.05) is 31.2 Å². The van der Waals surface area contributed by atoms with E-state index in [1.54, 1.807) is 14.2 Å². The zero-order valence-corrected chi connectivity index (χ0v) is 20.8. The van der Waals surface area contributed by atoms with Crippen molar-refractivity contribution in [1.82, 2.24) is 0 Å². The molecule has 0 amide bonds. The molecule has 0 saturated heterocycles.